The first-order chi connectivity index (χ1) is 10.6. The zero-order chi connectivity index (χ0) is 15.7. The number of anilines is 3. The first kappa shape index (κ1) is 14.7. The molecule has 0 radical (unpaired) electrons. The molecule has 1 saturated heterocycles. The van der Waals surface area contributed by atoms with Crippen LogP contribution in [-0.2, 0) is 9.47 Å². The van der Waals surface area contributed by atoms with E-state index in [9.17, 15) is 14.4 Å². The summed E-state index contributed by atoms with van der Waals surface area (Å²) in [6.45, 7) is 2.16. The summed E-state index contributed by atoms with van der Waals surface area (Å²) in [6, 6.07) is 1.68. The van der Waals surface area contributed by atoms with Crippen LogP contribution in [-0.4, -0.2) is 39.4 Å². The maximum atomic E-state index is 11.9. The lowest BCUT2D eigenvalue weighted by Gasteiger charge is -2.30. The minimum Gasteiger partial charge on any atom is -0.465 e. The molecule has 1 aromatic carbocycles. The van der Waals surface area contributed by atoms with E-state index in [4.69, 9.17) is 9.47 Å². The molecule has 0 aliphatic carbocycles. The molecule has 1 aromatic heterocycles. The molecule has 116 valence electrons. The molecule has 22 heavy (non-hydrogen) atoms. The number of methoxy groups -OCH3 is 1. The van der Waals surface area contributed by atoms with E-state index >= 15 is 0 Å². The Morgan fingerprint density at radius 1 is 1.32 bits per heavy atom. The molecule has 0 amide bonds. The molecule has 3 rings (SSSR count). The summed E-state index contributed by atoms with van der Waals surface area (Å²) >= 11 is 1.21. The summed E-state index contributed by atoms with van der Waals surface area (Å²) in [7, 11) is 1.29. The van der Waals surface area contributed by atoms with Crippen LogP contribution in [0.1, 0.15) is 9.67 Å². The van der Waals surface area contributed by atoms with Crippen molar-refractivity contribution in [1.82, 2.24) is 0 Å². The van der Waals surface area contributed by atoms with E-state index in [0.29, 0.717) is 42.6 Å². The fourth-order valence-corrected chi connectivity index (χ4v) is 3.14. The van der Waals surface area contributed by atoms with Gasteiger partial charge in [-0.05, 0) is 11.4 Å². The third kappa shape index (κ3) is 2.40. The number of esters is 1. The van der Waals surface area contributed by atoms with Crippen LogP contribution in [0.15, 0.2) is 21.0 Å². The number of rotatable bonds is 4. The number of carbonyl (C=O) groups excluding carboxylic acids is 1. The third-order valence-corrected chi connectivity index (χ3v) is 4.40. The number of nitrogens with zero attached hydrogens (tertiary/aromatic N) is 1. The van der Waals surface area contributed by atoms with Crippen molar-refractivity contribution in [2.75, 3.05) is 43.6 Å². The molecule has 2 aromatic rings. The van der Waals surface area contributed by atoms with Crippen molar-refractivity contribution < 1.29 is 14.3 Å². The van der Waals surface area contributed by atoms with E-state index in [-0.39, 0.29) is 5.69 Å². The van der Waals surface area contributed by atoms with Crippen molar-refractivity contribution in [3.63, 3.8) is 0 Å². The minimum absolute atomic E-state index is 0.232. The van der Waals surface area contributed by atoms with Crippen LogP contribution in [0.4, 0.5) is 17.1 Å². The Morgan fingerprint density at radius 2 is 2.05 bits per heavy atom. The Kier molecular flexibility index (Phi) is 3.95. The molecule has 0 bridgehead atoms. The lowest BCUT2D eigenvalue weighted by Crippen LogP contribution is -2.46. The topological polar surface area (TPSA) is 84.9 Å². The van der Waals surface area contributed by atoms with Crippen LogP contribution in [0.5, 0.6) is 0 Å². The van der Waals surface area contributed by atoms with E-state index < -0.39 is 16.8 Å². The van der Waals surface area contributed by atoms with Gasteiger partial charge in [-0.2, -0.15) is 0 Å². The Labute approximate surface area is 129 Å². The molecule has 0 spiro atoms. The smallest absolute Gasteiger partial charge is 0.350 e. The Balaban J connectivity index is 1.89. The molecule has 1 fully saturated rings. The van der Waals surface area contributed by atoms with E-state index in [1.165, 1.54) is 18.4 Å². The highest BCUT2D eigenvalue weighted by Gasteiger charge is 2.28. The van der Waals surface area contributed by atoms with E-state index in [1.807, 2.05) is 4.90 Å². The van der Waals surface area contributed by atoms with Gasteiger partial charge in [0.15, 0.2) is 0 Å². The second-order valence-electron chi connectivity index (χ2n) is 4.76. The summed E-state index contributed by atoms with van der Waals surface area (Å²) in [5.74, 6) is -0.482. The minimum atomic E-state index is -0.566. The lowest BCUT2D eigenvalue weighted by molar-refractivity contribution is 0.0607. The van der Waals surface area contributed by atoms with Crippen LogP contribution in [0, 0.1) is 0 Å². The van der Waals surface area contributed by atoms with Gasteiger partial charge in [0.1, 0.15) is 16.3 Å². The van der Waals surface area contributed by atoms with Crippen LogP contribution in [0.25, 0.3) is 0 Å². The molecule has 2 heterocycles. The number of thiophene rings is 1. The number of ether oxygens (including phenoxy) is 2. The fourth-order valence-electron chi connectivity index (χ4n) is 2.38. The predicted molar refractivity (Wildman–Crippen MR) is 83.3 cm³/mol. The second kappa shape index (κ2) is 5.90. The average molecular weight is 322 g/mol. The van der Waals surface area contributed by atoms with Gasteiger partial charge in [0.25, 0.3) is 10.9 Å². The molecular formula is C14H14N2O5S. The highest BCUT2D eigenvalue weighted by Crippen LogP contribution is 2.30. The highest BCUT2D eigenvalue weighted by molar-refractivity contribution is 7.12. The SMILES string of the molecule is COC(=O)c1sccc1Nc1c(N2CCOCC2)c(=O)c1=O. The van der Waals surface area contributed by atoms with Crippen LogP contribution in [0.2, 0.25) is 0 Å². The van der Waals surface area contributed by atoms with Crippen molar-refractivity contribution >= 4 is 34.4 Å². The molecular weight excluding hydrogens is 308 g/mol. The van der Waals surface area contributed by atoms with Gasteiger partial charge >= 0.3 is 5.97 Å². The summed E-state index contributed by atoms with van der Waals surface area (Å²) < 4.78 is 9.94. The predicted octanol–water partition coefficient (Wildman–Crippen LogP) is 0.711. The summed E-state index contributed by atoms with van der Waals surface area (Å²) in [6.07, 6.45) is 0. The first-order valence-electron chi connectivity index (χ1n) is 6.72. The van der Waals surface area contributed by atoms with Gasteiger partial charge in [-0.25, -0.2) is 4.79 Å². The second-order valence-corrected chi connectivity index (χ2v) is 5.68. The highest BCUT2D eigenvalue weighted by atomic mass is 32.1. The lowest BCUT2D eigenvalue weighted by atomic mass is 10.1. The average Bonchev–Trinajstić information content (AvgIpc) is 3.02. The van der Waals surface area contributed by atoms with Crippen molar-refractivity contribution in [3.05, 3.63) is 36.8 Å². The van der Waals surface area contributed by atoms with Crippen LogP contribution < -0.4 is 21.1 Å². The molecule has 1 aliphatic rings. The van der Waals surface area contributed by atoms with Crippen molar-refractivity contribution in [3.8, 4) is 0 Å². The van der Waals surface area contributed by atoms with Gasteiger partial charge in [0.05, 0.1) is 26.0 Å². The third-order valence-electron chi connectivity index (χ3n) is 3.51. The van der Waals surface area contributed by atoms with Gasteiger partial charge < -0.3 is 19.7 Å². The number of morpholine rings is 1. The fraction of sp³-hybridized carbons (Fsp3) is 0.357. The normalized spacial score (nSPS) is 15.0. The molecule has 1 N–H and O–H groups in total. The van der Waals surface area contributed by atoms with Crippen molar-refractivity contribution in [1.29, 1.82) is 0 Å². The molecule has 0 unspecified atom stereocenters. The van der Waals surface area contributed by atoms with E-state index in [2.05, 4.69) is 5.32 Å². The maximum Gasteiger partial charge on any atom is 0.350 e. The first-order valence-corrected chi connectivity index (χ1v) is 7.60. The molecule has 1 aliphatic heterocycles. The Hall–Kier alpha value is -2.19. The van der Waals surface area contributed by atoms with Gasteiger partial charge in [0.2, 0.25) is 0 Å². The van der Waals surface area contributed by atoms with Gasteiger partial charge in [0, 0.05) is 13.1 Å². The molecule has 0 atom stereocenters. The summed E-state index contributed by atoms with van der Waals surface area (Å²) in [4.78, 5) is 37.6. The van der Waals surface area contributed by atoms with Crippen LogP contribution >= 0.6 is 11.3 Å². The Morgan fingerprint density at radius 3 is 2.73 bits per heavy atom. The van der Waals surface area contributed by atoms with E-state index in [1.54, 1.807) is 11.4 Å². The summed E-state index contributed by atoms with van der Waals surface area (Å²) in [5, 5.41) is 4.62. The molecule has 8 heteroatoms. The largest absolute Gasteiger partial charge is 0.465 e. The monoisotopic (exact) mass is 322 g/mol. The van der Waals surface area contributed by atoms with E-state index in [0.717, 1.165) is 0 Å². The van der Waals surface area contributed by atoms with Gasteiger partial charge in [-0.3, -0.25) is 9.59 Å². The number of nitrogens with one attached hydrogen (secondary N) is 1. The van der Waals surface area contributed by atoms with Crippen molar-refractivity contribution in [2.24, 2.45) is 0 Å². The van der Waals surface area contributed by atoms with Gasteiger partial charge in [-0.1, -0.05) is 0 Å². The number of hydrogen-bond acceptors (Lipinski definition) is 8. The summed E-state index contributed by atoms with van der Waals surface area (Å²) in [5.41, 5.74) is 0.00647. The number of carbonyl (C=O) groups is 1. The Bertz CT molecular complexity index is 768. The quantitative estimate of drug-likeness (QED) is 0.655. The van der Waals surface area contributed by atoms with Gasteiger partial charge in [-0.15, -0.1) is 11.3 Å². The maximum absolute atomic E-state index is 11.9. The van der Waals surface area contributed by atoms with Crippen molar-refractivity contribution in [2.45, 2.75) is 0 Å². The number of hydrogen-bond donors (Lipinski definition) is 1. The van der Waals surface area contributed by atoms with Crippen LogP contribution in [0.3, 0.4) is 0 Å². The zero-order valence-corrected chi connectivity index (χ0v) is 12.7. The molecule has 0 saturated carbocycles. The zero-order valence-electron chi connectivity index (χ0n) is 11.9. The molecule has 7 nitrogen and oxygen atoms in total. The standard InChI is InChI=1S/C14H14N2O5S/c1-20-14(19)13-8(2-7-22-13)15-9-10(12(18)11(9)17)16-3-5-21-6-4-16/h2,7,15H,3-6H2,1H3.